The van der Waals surface area contributed by atoms with Crippen LogP contribution in [-0.4, -0.2) is 21.9 Å². The van der Waals surface area contributed by atoms with Crippen molar-refractivity contribution in [2.75, 3.05) is 11.1 Å². The van der Waals surface area contributed by atoms with Crippen LogP contribution in [0.15, 0.2) is 64.2 Å². The molecule has 0 fully saturated rings. The van der Waals surface area contributed by atoms with Gasteiger partial charge in [0.2, 0.25) is 11.8 Å². The minimum Gasteiger partial charge on any atom is -0.411 e. The number of hydrogen-bond acceptors (Lipinski definition) is 5. The van der Waals surface area contributed by atoms with Gasteiger partial charge in [-0.05, 0) is 35.2 Å². The maximum absolute atomic E-state index is 12.1. The van der Waals surface area contributed by atoms with Crippen LogP contribution in [0.4, 0.5) is 5.69 Å². The molecule has 0 bridgehead atoms. The average Bonchev–Trinajstić information content (AvgIpc) is 3.09. The highest BCUT2D eigenvalue weighted by Gasteiger charge is 2.14. The maximum Gasteiger partial charge on any atom is 0.277 e. The molecule has 0 unspecified atom stereocenters. The summed E-state index contributed by atoms with van der Waals surface area (Å²) in [6.45, 7) is 6.47. The molecule has 1 aromatic heterocycles. The molecular formula is C20H21N3O2S. The van der Waals surface area contributed by atoms with Crippen LogP contribution in [-0.2, 0) is 10.2 Å². The van der Waals surface area contributed by atoms with E-state index in [9.17, 15) is 4.79 Å². The lowest BCUT2D eigenvalue weighted by molar-refractivity contribution is -0.113. The van der Waals surface area contributed by atoms with Gasteiger partial charge in [0.1, 0.15) is 0 Å². The monoisotopic (exact) mass is 367 g/mol. The number of anilines is 1. The van der Waals surface area contributed by atoms with Crippen molar-refractivity contribution < 1.29 is 9.21 Å². The summed E-state index contributed by atoms with van der Waals surface area (Å²) in [5.74, 6) is 0.543. The van der Waals surface area contributed by atoms with E-state index in [1.807, 2.05) is 54.6 Å². The molecule has 0 aliphatic heterocycles. The Hall–Kier alpha value is -2.60. The SMILES string of the molecule is CC(C)(C)c1ccc(NC(=O)CSc2nnc(-c3ccccc3)o2)cc1. The number of carbonyl (C=O) groups excluding carboxylic acids is 1. The van der Waals surface area contributed by atoms with E-state index in [0.717, 1.165) is 11.3 Å². The Kier molecular flexibility index (Phi) is 5.42. The third-order valence-corrected chi connectivity index (χ3v) is 4.61. The first-order valence-corrected chi connectivity index (χ1v) is 9.32. The van der Waals surface area contributed by atoms with Crippen molar-refractivity contribution in [2.24, 2.45) is 0 Å². The van der Waals surface area contributed by atoms with Gasteiger partial charge in [-0.1, -0.05) is 62.9 Å². The van der Waals surface area contributed by atoms with Crippen LogP contribution in [0.1, 0.15) is 26.3 Å². The van der Waals surface area contributed by atoms with Crippen molar-refractivity contribution in [3.8, 4) is 11.5 Å². The topological polar surface area (TPSA) is 68.0 Å². The van der Waals surface area contributed by atoms with Gasteiger partial charge >= 0.3 is 0 Å². The van der Waals surface area contributed by atoms with Gasteiger partial charge in [0.25, 0.3) is 5.22 Å². The fraction of sp³-hybridized carbons (Fsp3) is 0.250. The fourth-order valence-corrected chi connectivity index (χ4v) is 2.91. The summed E-state index contributed by atoms with van der Waals surface area (Å²) in [5, 5.41) is 11.2. The number of aromatic nitrogens is 2. The van der Waals surface area contributed by atoms with Gasteiger partial charge in [0.15, 0.2) is 0 Å². The molecule has 0 saturated heterocycles. The second kappa shape index (κ2) is 7.74. The van der Waals surface area contributed by atoms with Crippen molar-refractivity contribution in [3.63, 3.8) is 0 Å². The first-order chi connectivity index (χ1) is 12.4. The molecule has 3 rings (SSSR count). The van der Waals surface area contributed by atoms with Crippen LogP contribution < -0.4 is 5.32 Å². The Morgan fingerprint density at radius 1 is 1.04 bits per heavy atom. The summed E-state index contributed by atoms with van der Waals surface area (Å²) >= 11 is 1.22. The summed E-state index contributed by atoms with van der Waals surface area (Å²) in [7, 11) is 0. The van der Waals surface area contributed by atoms with Crippen LogP contribution in [0, 0.1) is 0 Å². The van der Waals surface area contributed by atoms with Gasteiger partial charge in [-0.2, -0.15) is 0 Å². The molecule has 0 atom stereocenters. The van der Waals surface area contributed by atoms with Crippen LogP contribution in [0.25, 0.3) is 11.5 Å². The van der Waals surface area contributed by atoms with Gasteiger partial charge in [-0.15, -0.1) is 10.2 Å². The van der Waals surface area contributed by atoms with E-state index in [1.54, 1.807) is 0 Å². The van der Waals surface area contributed by atoms with Crippen molar-refractivity contribution >= 4 is 23.4 Å². The Labute approximate surface area is 157 Å². The molecule has 0 aliphatic rings. The Morgan fingerprint density at radius 2 is 1.73 bits per heavy atom. The van der Waals surface area contributed by atoms with E-state index in [0.29, 0.717) is 11.1 Å². The number of carbonyl (C=O) groups is 1. The zero-order valence-electron chi connectivity index (χ0n) is 15.0. The zero-order chi connectivity index (χ0) is 18.6. The molecule has 3 aromatic rings. The molecule has 1 N–H and O–H groups in total. The molecule has 6 heteroatoms. The number of hydrogen-bond donors (Lipinski definition) is 1. The van der Waals surface area contributed by atoms with Gasteiger partial charge in [-0.25, -0.2) is 0 Å². The summed E-state index contributed by atoms with van der Waals surface area (Å²) in [6.07, 6.45) is 0. The number of nitrogens with zero attached hydrogens (tertiary/aromatic N) is 2. The van der Waals surface area contributed by atoms with E-state index < -0.39 is 0 Å². The Balaban J connectivity index is 1.54. The third-order valence-electron chi connectivity index (χ3n) is 3.79. The normalized spacial score (nSPS) is 11.3. The highest BCUT2D eigenvalue weighted by Crippen LogP contribution is 2.25. The highest BCUT2D eigenvalue weighted by atomic mass is 32.2. The van der Waals surface area contributed by atoms with Crippen LogP contribution in [0.5, 0.6) is 0 Å². The molecule has 134 valence electrons. The van der Waals surface area contributed by atoms with Crippen molar-refractivity contribution in [1.82, 2.24) is 10.2 Å². The van der Waals surface area contributed by atoms with E-state index >= 15 is 0 Å². The summed E-state index contributed by atoms with van der Waals surface area (Å²) < 4.78 is 5.58. The lowest BCUT2D eigenvalue weighted by Gasteiger charge is -2.19. The van der Waals surface area contributed by atoms with Crippen molar-refractivity contribution in [1.29, 1.82) is 0 Å². The van der Waals surface area contributed by atoms with E-state index in [4.69, 9.17) is 4.42 Å². The predicted molar refractivity (Wildman–Crippen MR) is 104 cm³/mol. The third kappa shape index (κ3) is 4.73. The highest BCUT2D eigenvalue weighted by molar-refractivity contribution is 7.99. The molecular weight excluding hydrogens is 346 g/mol. The van der Waals surface area contributed by atoms with Crippen LogP contribution >= 0.6 is 11.8 Å². The molecule has 0 saturated carbocycles. The number of rotatable bonds is 5. The lowest BCUT2D eigenvalue weighted by Crippen LogP contribution is -2.15. The van der Waals surface area contributed by atoms with E-state index in [-0.39, 0.29) is 17.1 Å². The number of benzene rings is 2. The summed E-state index contributed by atoms with van der Waals surface area (Å²) in [4.78, 5) is 12.1. The first kappa shape index (κ1) is 18.2. The van der Waals surface area contributed by atoms with Crippen molar-refractivity contribution in [2.45, 2.75) is 31.4 Å². The molecule has 2 aromatic carbocycles. The smallest absolute Gasteiger partial charge is 0.277 e. The molecule has 0 radical (unpaired) electrons. The van der Waals surface area contributed by atoms with Gasteiger partial charge in [0.05, 0.1) is 5.75 Å². The number of nitrogens with one attached hydrogen (secondary N) is 1. The number of amides is 1. The van der Waals surface area contributed by atoms with Gasteiger partial charge in [0, 0.05) is 11.3 Å². The van der Waals surface area contributed by atoms with E-state index in [1.165, 1.54) is 17.3 Å². The molecule has 5 nitrogen and oxygen atoms in total. The minimum absolute atomic E-state index is 0.0901. The standard InChI is InChI=1S/C20H21N3O2S/c1-20(2,3)15-9-11-16(12-10-15)21-17(24)13-26-19-23-22-18(25-19)14-7-5-4-6-8-14/h4-12H,13H2,1-3H3,(H,21,24). The van der Waals surface area contributed by atoms with Gasteiger partial charge in [-0.3, -0.25) is 4.79 Å². The maximum atomic E-state index is 12.1. The second-order valence-electron chi connectivity index (χ2n) is 6.90. The quantitative estimate of drug-likeness (QED) is 0.658. The van der Waals surface area contributed by atoms with Crippen LogP contribution in [0.3, 0.4) is 0 Å². The second-order valence-corrected chi connectivity index (χ2v) is 7.83. The first-order valence-electron chi connectivity index (χ1n) is 8.34. The zero-order valence-corrected chi connectivity index (χ0v) is 15.8. The summed E-state index contributed by atoms with van der Waals surface area (Å²) in [6, 6.07) is 17.4. The average molecular weight is 367 g/mol. The minimum atomic E-state index is -0.113. The van der Waals surface area contributed by atoms with E-state index in [2.05, 4.69) is 36.3 Å². The largest absolute Gasteiger partial charge is 0.411 e. The van der Waals surface area contributed by atoms with Crippen molar-refractivity contribution in [3.05, 3.63) is 60.2 Å². The Morgan fingerprint density at radius 3 is 2.38 bits per heavy atom. The molecule has 26 heavy (non-hydrogen) atoms. The molecule has 1 amide bonds. The Bertz CT molecular complexity index is 868. The fourth-order valence-electron chi connectivity index (χ4n) is 2.34. The van der Waals surface area contributed by atoms with Gasteiger partial charge < -0.3 is 9.73 Å². The summed E-state index contributed by atoms with van der Waals surface area (Å²) in [5.41, 5.74) is 2.95. The molecule has 1 heterocycles. The lowest BCUT2D eigenvalue weighted by atomic mass is 9.87. The predicted octanol–water partition coefficient (Wildman–Crippen LogP) is 4.76. The molecule has 0 spiro atoms. The molecule has 0 aliphatic carbocycles. The van der Waals surface area contributed by atoms with Crippen LogP contribution in [0.2, 0.25) is 0 Å². The number of thioether (sulfide) groups is 1.